The fraction of sp³-hybridized carbons (Fsp3) is 0.409. The van der Waals surface area contributed by atoms with E-state index in [9.17, 15) is 30.8 Å². The maximum atomic E-state index is 15.4. The van der Waals surface area contributed by atoms with Gasteiger partial charge in [-0.05, 0) is 42.5 Å². The number of rotatable bonds is 6. The van der Waals surface area contributed by atoms with Crippen LogP contribution in [0.3, 0.4) is 0 Å². The predicted molar refractivity (Wildman–Crippen MR) is 110 cm³/mol. The Hall–Kier alpha value is -2.53. The molecular formula is C22H21F5N2O3S. The van der Waals surface area contributed by atoms with Crippen LogP contribution in [0.25, 0.3) is 11.1 Å². The third-order valence-corrected chi connectivity index (χ3v) is 6.54. The van der Waals surface area contributed by atoms with Gasteiger partial charge in [-0.15, -0.1) is 0 Å². The number of nitrogens with zero attached hydrogens (tertiary/aromatic N) is 1. The molecule has 2 aromatic carbocycles. The Labute approximate surface area is 187 Å². The quantitative estimate of drug-likeness (QED) is 0.634. The number of likely N-dealkylation sites (tertiary alicyclic amines) is 1. The van der Waals surface area contributed by atoms with Crippen LogP contribution in [0.5, 0.6) is 0 Å². The minimum atomic E-state index is -4.07. The molecule has 0 radical (unpaired) electrons. The lowest BCUT2D eigenvalue weighted by Crippen LogP contribution is -2.52. The van der Waals surface area contributed by atoms with Gasteiger partial charge in [0.25, 0.3) is 5.92 Å². The predicted octanol–water partition coefficient (Wildman–Crippen LogP) is 3.49. The summed E-state index contributed by atoms with van der Waals surface area (Å²) in [6.45, 7) is -0.989. The molecule has 0 bridgehead atoms. The highest BCUT2D eigenvalue weighted by atomic mass is 32.2. The van der Waals surface area contributed by atoms with Gasteiger partial charge < -0.3 is 4.90 Å². The molecule has 11 heteroatoms. The first kappa shape index (κ1) is 23.6. The Morgan fingerprint density at radius 3 is 2.33 bits per heavy atom. The number of alkyl halides is 2. The maximum Gasteiger partial charge on any atom is 0.283 e. The van der Waals surface area contributed by atoms with Crippen LogP contribution in [0, 0.1) is 23.4 Å². The zero-order valence-corrected chi connectivity index (χ0v) is 18.3. The Kier molecular flexibility index (Phi) is 5.98. The van der Waals surface area contributed by atoms with E-state index < -0.39 is 70.3 Å². The average molecular weight is 488 g/mol. The molecule has 0 unspecified atom stereocenters. The second kappa shape index (κ2) is 8.35. The van der Waals surface area contributed by atoms with Crippen molar-refractivity contribution >= 4 is 15.9 Å². The summed E-state index contributed by atoms with van der Waals surface area (Å²) in [5, 5.41) is 0. The van der Waals surface area contributed by atoms with Crippen LogP contribution in [-0.4, -0.2) is 50.0 Å². The lowest BCUT2D eigenvalue weighted by molar-refractivity contribution is -0.134. The third-order valence-electron chi connectivity index (χ3n) is 5.85. The van der Waals surface area contributed by atoms with Gasteiger partial charge in [0.2, 0.25) is 15.9 Å². The molecule has 0 aromatic heterocycles. The number of sulfonamides is 1. The van der Waals surface area contributed by atoms with E-state index in [2.05, 4.69) is 0 Å². The van der Waals surface area contributed by atoms with E-state index in [4.69, 9.17) is 0 Å². The van der Waals surface area contributed by atoms with Crippen molar-refractivity contribution in [3.63, 3.8) is 0 Å². The Morgan fingerprint density at radius 2 is 1.76 bits per heavy atom. The molecule has 1 aliphatic carbocycles. The first-order chi connectivity index (χ1) is 15.4. The molecule has 5 nitrogen and oxygen atoms in total. The van der Waals surface area contributed by atoms with Gasteiger partial charge in [-0.1, -0.05) is 18.2 Å². The minimum Gasteiger partial charge on any atom is -0.331 e. The molecule has 1 amide bonds. The molecule has 4 rings (SSSR count). The molecule has 1 saturated heterocycles. The van der Waals surface area contributed by atoms with Crippen molar-refractivity contribution in [1.29, 1.82) is 0 Å². The lowest BCUT2D eigenvalue weighted by Gasteiger charge is -2.28. The summed E-state index contributed by atoms with van der Waals surface area (Å²) in [4.78, 5) is 13.6. The number of hydrogen-bond donors (Lipinski definition) is 1. The van der Waals surface area contributed by atoms with E-state index in [1.54, 1.807) is 0 Å². The molecule has 2 fully saturated rings. The van der Waals surface area contributed by atoms with Gasteiger partial charge in [0.15, 0.2) is 0 Å². The maximum absolute atomic E-state index is 15.4. The summed E-state index contributed by atoms with van der Waals surface area (Å²) in [6, 6.07) is 3.20. The van der Waals surface area contributed by atoms with Crippen LogP contribution in [0.1, 0.15) is 18.4 Å². The summed E-state index contributed by atoms with van der Waals surface area (Å²) < 4.78 is 97.7. The normalized spacial score (nSPS) is 22.5. The highest BCUT2D eigenvalue weighted by molar-refractivity contribution is 7.88. The fourth-order valence-electron chi connectivity index (χ4n) is 4.23. The number of carbonyl (C=O) groups is 1. The summed E-state index contributed by atoms with van der Waals surface area (Å²) in [6.07, 6.45) is 1.41. The van der Waals surface area contributed by atoms with Crippen molar-refractivity contribution in [1.82, 2.24) is 9.62 Å². The van der Waals surface area contributed by atoms with E-state index in [0.717, 1.165) is 23.3 Å². The molecule has 1 saturated carbocycles. The molecule has 2 aliphatic rings. The van der Waals surface area contributed by atoms with Crippen LogP contribution >= 0.6 is 0 Å². The van der Waals surface area contributed by atoms with E-state index in [-0.39, 0.29) is 16.7 Å². The molecule has 33 heavy (non-hydrogen) atoms. The van der Waals surface area contributed by atoms with E-state index >= 15 is 4.39 Å². The van der Waals surface area contributed by atoms with Gasteiger partial charge in [-0.3, -0.25) is 4.79 Å². The van der Waals surface area contributed by atoms with Crippen LogP contribution in [0.4, 0.5) is 22.0 Å². The van der Waals surface area contributed by atoms with E-state index in [1.165, 1.54) is 18.2 Å². The second-order valence-corrected chi connectivity index (χ2v) is 10.4. The number of carbonyl (C=O) groups excluding carboxylic acids is 1. The highest BCUT2D eigenvalue weighted by Crippen LogP contribution is 2.40. The molecule has 1 N–H and O–H groups in total. The monoisotopic (exact) mass is 488 g/mol. The van der Waals surface area contributed by atoms with Gasteiger partial charge in [-0.25, -0.2) is 35.1 Å². The smallest absolute Gasteiger partial charge is 0.283 e. The van der Waals surface area contributed by atoms with E-state index in [1.807, 2.05) is 4.72 Å². The number of benzene rings is 2. The largest absolute Gasteiger partial charge is 0.331 e. The number of hydrogen-bond acceptors (Lipinski definition) is 3. The Morgan fingerprint density at radius 1 is 1.12 bits per heavy atom. The minimum absolute atomic E-state index is 0.0830. The van der Waals surface area contributed by atoms with E-state index in [0.29, 0.717) is 18.9 Å². The highest BCUT2D eigenvalue weighted by Gasteiger charge is 2.58. The molecule has 0 spiro atoms. The van der Waals surface area contributed by atoms with Gasteiger partial charge >= 0.3 is 0 Å². The third kappa shape index (κ3) is 5.03. The zero-order valence-electron chi connectivity index (χ0n) is 17.5. The summed E-state index contributed by atoms with van der Waals surface area (Å²) >= 11 is 0. The molecule has 178 valence electrons. The van der Waals surface area contributed by atoms with Crippen molar-refractivity contribution in [2.45, 2.75) is 37.3 Å². The van der Waals surface area contributed by atoms with Crippen molar-refractivity contribution in [3.05, 3.63) is 59.4 Å². The first-order valence-electron chi connectivity index (χ1n) is 10.3. The molecule has 2 aromatic rings. The van der Waals surface area contributed by atoms with Crippen LogP contribution in [-0.2, 0) is 21.2 Å². The summed E-state index contributed by atoms with van der Waals surface area (Å²) in [5.41, 5.74) is -0.322. The van der Waals surface area contributed by atoms with Gasteiger partial charge in [0.1, 0.15) is 23.5 Å². The summed E-state index contributed by atoms with van der Waals surface area (Å²) in [5.74, 6) is -7.23. The fourth-order valence-corrected chi connectivity index (χ4v) is 5.02. The Bertz CT molecular complexity index is 1180. The van der Waals surface area contributed by atoms with Crippen molar-refractivity contribution in [2.24, 2.45) is 5.92 Å². The molecule has 1 aliphatic heterocycles. The number of halogens is 5. The number of amides is 1. The van der Waals surface area contributed by atoms with Gasteiger partial charge in [0.05, 0.1) is 18.8 Å². The van der Waals surface area contributed by atoms with Crippen LogP contribution < -0.4 is 4.72 Å². The standard InChI is InChI=1S/C22H21F5N2O3S/c1-33(31,32)28-20-18(29(11-22(20,26)27)21(30)12-5-6-12)9-13-3-2-4-17(19(13)25)14-7-15(23)10-16(24)8-14/h2-4,7-8,10,12,18,20,28H,5-6,9,11H2,1H3/t18-,20+/m0/s1. The SMILES string of the molecule is CS(=O)(=O)N[C@@H]1[C@H](Cc2cccc(-c3cc(F)cc(F)c3)c2F)N(C(=O)C2CC2)CC1(F)F. The lowest BCUT2D eigenvalue weighted by atomic mass is 9.95. The van der Waals surface area contributed by atoms with Crippen molar-refractivity contribution < 1.29 is 35.2 Å². The van der Waals surface area contributed by atoms with Crippen molar-refractivity contribution in [3.8, 4) is 11.1 Å². The van der Waals surface area contributed by atoms with Gasteiger partial charge in [0, 0.05) is 17.5 Å². The zero-order chi connectivity index (χ0) is 24.1. The molecular weight excluding hydrogens is 467 g/mol. The molecule has 1 heterocycles. The van der Waals surface area contributed by atoms with Crippen LogP contribution in [0.2, 0.25) is 0 Å². The van der Waals surface area contributed by atoms with Crippen LogP contribution in [0.15, 0.2) is 36.4 Å². The second-order valence-electron chi connectivity index (χ2n) is 8.58. The molecule has 2 atom stereocenters. The first-order valence-corrected chi connectivity index (χ1v) is 12.1. The Balaban J connectivity index is 1.73. The van der Waals surface area contributed by atoms with Crippen molar-refractivity contribution in [2.75, 3.05) is 12.8 Å². The number of nitrogens with one attached hydrogen (secondary N) is 1. The average Bonchev–Trinajstić information content (AvgIpc) is 3.50. The topological polar surface area (TPSA) is 66.5 Å². The summed E-state index contributed by atoms with van der Waals surface area (Å²) in [7, 11) is -4.07. The van der Waals surface area contributed by atoms with Gasteiger partial charge in [-0.2, -0.15) is 0 Å².